The van der Waals surface area contributed by atoms with Crippen molar-refractivity contribution in [1.82, 2.24) is 9.62 Å². The molecule has 0 spiro atoms. The molecule has 0 saturated carbocycles. The van der Waals surface area contributed by atoms with Gasteiger partial charge in [-0.25, -0.2) is 12.8 Å². The minimum atomic E-state index is -3.84. The first-order valence-corrected chi connectivity index (χ1v) is 8.39. The van der Waals surface area contributed by atoms with E-state index in [9.17, 15) is 12.8 Å². The Morgan fingerprint density at radius 2 is 2.00 bits per heavy atom. The van der Waals surface area contributed by atoms with Gasteiger partial charge in [0.15, 0.2) is 0 Å². The lowest BCUT2D eigenvalue weighted by molar-refractivity contribution is 0.427. The van der Waals surface area contributed by atoms with Crippen molar-refractivity contribution < 1.29 is 12.8 Å². The van der Waals surface area contributed by atoms with Crippen LogP contribution in [-0.4, -0.2) is 38.9 Å². The molecule has 2 rings (SSSR count). The maximum atomic E-state index is 13.9. The molecule has 0 radical (unpaired) electrons. The highest BCUT2D eigenvalue weighted by Gasteiger charge is 2.28. The van der Waals surface area contributed by atoms with Crippen molar-refractivity contribution in [1.29, 1.82) is 0 Å². The standard InChI is InChI=1S/C11H13BrClFN2O2S.ClH/c12-8-6-10(14)11(7-9(8)13)19(17,18)16-4-1-2-15-3-5-16;/h6-7,15H,1-5H2;1H. The zero-order valence-corrected chi connectivity index (χ0v) is 14.4. The molecule has 0 unspecified atom stereocenters. The monoisotopic (exact) mass is 406 g/mol. The Bertz CT molecular complexity index is 578. The van der Waals surface area contributed by atoms with Crippen LogP contribution in [0, 0.1) is 5.82 Å². The van der Waals surface area contributed by atoms with Gasteiger partial charge < -0.3 is 5.32 Å². The third-order valence-electron chi connectivity index (χ3n) is 2.89. The van der Waals surface area contributed by atoms with E-state index in [1.807, 2.05) is 0 Å². The van der Waals surface area contributed by atoms with Gasteiger partial charge in [-0.15, -0.1) is 12.4 Å². The van der Waals surface area contributed by atoms with Gasteiger partial charge in [0.1, 0.15) is 10.7 Å². The first-order chi connectivity index (χ1) is 8.93. The van der Waals surface area contributed by atoms with E-state index in [1.54, 1.807) is 0 Å². The molecule has 0 amide bonds. The maximum absolute atomic E-state index is 13.9. The average molecular weight is 408 g/mol. The fourth-order valence-corrected chi connectivity index (χ4v) is 4.00. The molecule has 1 N–H and O–H groups in total. The molecule has 1 saturated heterocycles. The van der Waals surface area contributed by atoms with Crippen LogP contribution in [0.2, 0.25) is 5.02 Å². The Labute approximate surface area is 137 Å². The highest BCUT2D eigenvalue weighted by molar-refractivity contribution is 9.10. The second-order valence-electron chi connectivity index (χ2n) is 4.20. The molecular formula is C11H14BrCl2FN2O2S. The predicted octanol–water partition coefficient (Wildman–Crippen LogP) is 2.65. The zero-order valence-electron chi connectivity index (χ0n) is 10.4. The minimum Gasteiger partial charge on any atom is -0.315 e. The molecular weight excluding hydrogens is 394 g/mol. The molecule has 4 nitrogen and oxygen atoms in total. The van der Waals surface area contributed by atoms with Crippen molar-refractivity contribution >= 4 is 50.0 Å². The Balaban J connectivity index is 0.00000200. The lowest BCUT2D eigenvalue weighted by Crippen LogP contribution is -2.34. The summed E-state index contributed by atoms with van der Waals surface area (Å²) >= 11 is 8.92. The molecule has 1 fully saturated rings. The lowest BCUT2D eigenvalue weighted by Gasteiger charge is -2.20. The highest BCUT2D eigenvalue weighted by atomic mass is 79.9. The Kier molecular flexibility index (Phi) is 6.69. The second-order valence-corrected chi connectivity index (χ2v) is 7.37. The van der Waals surface area contributed by atoms with E-state index in [1.165, 1.54) is 4.31 Å². The summed E-state index contributed by atoms with van der Waals surface area (Å²) in [4.78, 5) is -0.373. The topological polar surface area (TPSA) is 49.4 Å². The van der Waals surface area contributed by atoms with Crippen molar-refractivity contribution in [2.75, 3.05) is 26.2 Å². The summed E-state index contributed by atoms with van der Waals surface area (Å²) in [5.41, 5.74) is 0. The van der Waals surface area contributed by atoms with Crippen LogP contribution in [0.1, 0.15) is 6.42 Å². The van der Waals surface area contributed by atoms with Gasteiger partial charge in [0, 0.05) is 24.1 Å². The summed E-state index contributed by atoms with van der Waals surface area (Å²) in [6, 6.07) is 2.22. The van der Waals surface area contributed by atoms with Crippen LogP contribution in [0.15, 0.2) is 21.5 Å². The lowest BCUT2D eigenvalue weighted by atomic mass is 10.3. The van der Waals surface area contributed by atoms with Crippen molar-refractivity contribution in [3.63, 3.8) is 0 Å². The molecule has 0 aliphatic carbocycles. The van der Waals surface area contributed by atoms with Crippen molar-refractivity contribution in [3.8, 4) is 0 Å². The summed E-state index contributed by atoms with van der Waals surface area (Å²) in [5.74, 6) is -0.798. The van der Waals surface area contributed by atoms with Crippen molar-refractivity contribution in [2.24, 2.45) is 0 Å². The summed E-state index contributed by atoms with van der Waals surface area (Å²) in [5, 5.41) is 3.28. The zero-order chi connectivity index (χ0) is 14.0. The molecule has 1 aliphatic rings. The third-order valence-corrected chi connectivity index (χ3v) is 6.00. The number of benzene rings is 1. The van der Waals surface area contributed by atoms with Gasteiger partial charge in [-0.05, 0) is 41.0 Å². The van der Waals surface area contributed by atoms with Crippen LogP contribution in [-0.2, 0) is 10.0 Å². The first-order valence-electron chi connectivity index (χ1n) is 5.78. The van der Waals surface area contributed by atoms with Gasteiger partial charge in [0.25, 0.3) is 0 Å². The van der Waals surface area contributed by atoms with Gasteiger partial charge in [0.2, 0.25) is 10.0 Å². The van der Waals surface area contributed by atoms with Gasteiger partial charge in [0.05, 0.1) is 5.02 Å². The van der Waals surface area contributed by atoms with Crippen molar-refractivity contribution in [3.05, 3.63) is 27.4 Å². The molecule has 20 heavy (non-hydrogen) atoms. The molecule has 1 aromatic carbocycles. The van der Waals surface area contributed by atoms with Gasteiger partial charge in [-0.2, -0.15) is 4.31 Å². The van der Waals surface area contributed by atoms with E-state index in [-0.39, 0.29) is 22.3 Å². The SMILES string of the molecule is Cl.O=S(=O)(c1cc(Cl)c(Br)cc1F)N1CCCNCC1. The van der Waals surface area contributed by atoms with Crippen molar-refractivity contribution in [2.45, 2.75) is 11.3 Å². The number of hydrogen-bond donors (Lipinski definition) is 1. The number of halogens is 4. The normalized spacial score (nSPS) is 17.4. The molecule has 114 valence electrons. The number of nitrogens with one attached hydrogen (secondary N) is 1. The Morgan fingerprint density at radius 3 is 2.70 bits per heavy atom. The molecule has 0 atom stereocenters. The van der Waals surface area contributed by atoms with Crippen LogP contribution >= 0.6 is 39.9 Å². The largest absolute Gasteiger partial charge is 0.315 e. The minimum absolute atomic E-state index is 0. The van der Waals surface area contributed by atoms with E-state index in [4.69, 9.17) is 11.6 Å². The second kappa shape index (κ2) is 7.38. The summed E-state index contributed by atoms with van der Waals surface area (Å²) in [7, 11) is -3.84. The fourth-order valence-electron chi connectivity index (χ4n) is 1.90. The van der Waals surface area contributed by atoms with Gasteiger partial charge >= 0.3 is 0 Å². The number of nitrogens with zero attached hydrogens (tertiary/aromatic N) is 1. The summed E-state index contributed by atoms with van der Waals surface area (Å²) in [6.07, 6.45) is 0.700. The van der Waals surface area contributed by atoms with E-state index in [0.717, 1.165) is 18.7 Å². The van der Waals surface area contributed by atoms with Crippen LogP contribution < -0.4 is 5.32 Å². The average Bonchev–Trinajstić information content (AvgIpc) is 2.62. The highest BCUT2D eigenvalue weighted by Crippen LogP contribution is 2.29. The number of rotatable bonds is 2. The summed E-state index contributed by atoms with van der Waals surface area (Å²) in [6.45, 7) is 2.03. The maximum Gasteiger partial charge on any atom is 0.246 e. The van der Waals surface area contributed by atoms with Crippen LogP contribution in [0.4, 0.5) is 4.39 Å². The molecule has 1 aromatic rings. The Hall–Kier alpha value is 0.0800. The fraction of sp³-hybridized carbons (Fsp3) is 0.455. The molecule has 0 bridgehead atoms. The van der Waals surface area contributed by atoms with Crippen LogP contribution in [0.25, 0.3) is 0 Å². The smallest absolute Gasteiger partial charge is 0.246 e. The number of hydrogen-bond acceptors (Lipinski definition) is 3. The first kappa shape index (κ1) is 18.1. The van der Waals surface area contributed by atoms with E-state index >= 15 is 0 Å². The van der Waals surface area contributed by atoms with Crippen LogP contribution in [0.3, 0.4) is 0 Å². The number of sulfonamides is 1. The molecule has 1 heterocycles. The van der Waals surface area contributed by atoms with Gasteiger partial charge in [-0.1, -0.05) is 11.6 Å². The Morgan fingerprint density at radius 1 is 1.30 bits per heavy atom. The third kappa shape index (κ3) is 3.84. The van der Waals surface area contributed by atoms with E-state index in [0.29, 0.717) is 30.5 Å². The molecule has 0 aromatic heterocycles. The van der Waals surface area contributed by atoms with E-state index < -0.39 is 15.8 Å². The summed E-state index contributed by atoms with van der Waals surface area (Å²) < 4.78 is 40.3. The van der Waals surface area contributed by atoms with E-state index in [2.05, 4.69) is 21.2 Å². The molecule has 1 aliphatic heterocycles. The molecule has 9 heteroatoms. The predicted molar refractivity (Wildman–Crippen MR) is 82.6 cm³/mol. The van der Waals surface area contributed by atoms with Gasteiger partial charge in [-0.3, -0.25) is 0 Å². The van der Waals surface area contributed by atoms with Crippen LogP contribution in [0.5, 0.6) is 0 Å². The quantitative estimate of drug-likeness (QED) is 0.766.